The van der Waals surface area contributed by atoms with E-state index in [-0.39, 0.29) is 11.5 Å². The number of aliphatic hydroxyl groups is 1. The van der Waals surface area contributed by atoms with Crippen molar-refractivity contribution in [3.8, 4) is 0 Å². The van der Waals surface area contributed by atoms with E-state index in [0.29, 0.717) is 0 Å². The molecule has 1 aromatic heterocycles. The molecule has 15 heavy (non-hydrogen) atoms. The third kappa shape index (κ3) is 3.00. The largest absolute Gasteiger partial charge is 0.387 e. The van der Waals surface area contributed by atoms with Gasteiger partial charge < -0.3 is 9.84 Å². The second-order valence-corrected chi connectivity index (χ2v) is 5.66. The topological polar surface area (TPSA) is 42.4 Å². The van der Waals surface area contributed by atoms with Crippen molar-refractivity contribution < 1.29 is 9.84 Å². The summed E-state index contributed by atoms with van der Waals surface area (Å²) in [6, 6.07) is 0. The molecule has 1 N–H and O–H groups in total. The first kappa shape index (κ1) is 12.6. The number of rotatable bonds is 3. The normalized spacial score (nSPS) is 16.4. The number of aliphatic hydroxyl groups excluding tert-OH is 1. The lowest BCUT2D eigenvalue weighted by molar-refractivity contribution is 0.0147. The van der Waals surface area contributed by atoms with Gasteiger partial charge in [-0.15, -0.1) is 11.3 Å². The van der Waals surface area contributed by atoms with Gasteiger partial charge in [0, 0.05) is 12.5 Å². The first-order valence-electron chi connectivity index (χ1n) is 5.02. The van der Waals surface area contributed by atoms with Crippen LogP contribution in [0.3, 0.4) is 0 Å². The molecule has 1 rings (SSSR count). The molecule has 0 fully saturated rings. The lowest BCUT2D eigenvalue weighted by Gasteiger charge is -2.27. The standard InChI is InChI=1S/C11H19NO2S/c1-7(13)8-6-15-10(12-8)9(14-5)11(2,3)4/h6-7,9,13H,1-5H3. The van der Waals surface area contributed by atoms with E-state index in [2.05, 4.69) is 25.8 Å². The summed E-state index contributed by atoms with van der Waals surface area (Å²) in [6.07, 6.45) is -0.525. The van der Waals surface area contributed by atoms with E-state index in [0.717, 1.165) is 10.7 Å². The van der Waals surface area contributed by atoms with E-state index in [9.17, 15) is 5.11 Å². The number of hydrogen-bond acceptors (Lipinski definition) is 4. The zero-order valence-corrected chi connectivity index (χ0v) is 10.8. The fraction of sp³-hybridized carbons (Fsp3) is 0.727. The van der Waals surface area contributed by atoms with Crippen LogP contribution in [0.2, 0.25) is 0 Å². The molecule has 0 spiro atoms. The van der Waals surface area contributed by atoms with Gasteiger partial charge in [-0.1, -0.05) is 20.8 Å². The Bertz CT molecular complexity index is 315. The Morgan fingerprint density at radius 1 is 1.47 bits per heavy atom. The van der Waals surface area contributed by atoms with Gasteiger partial charge in [-0.2, -0.15) is 0 Å². The van der Waals surface area contributed by atoms with E-state index in [4.69, 9.17) is 4.74 Å². The van der Waals surface area contributed by atoms with Gasteiger partial charge in [0.05, 0.1) is 11.8 Å². The highest BCUT2D eigenvalue weighted by atomic mass is 32.1. The van der Waals surface area contributed by atoms with Gasteiger partial charge in [0.25, 0.3) is 0 Å². The summed E-state index contributed by atoms with van der Waals surface area (Å²) >= 11 is 1.54. The maximum absolute atomic E-state index is 9.40. The molecule has 0 aliphatic carbocycles. The number of hydrogen-bond donors (Lipinski definition) is 1. The van der Waals surface area contributed by atoms with Crippen molar-refractivity contribution in [3.63, 3.8) is 0 Å². The molecule has 2 atom stereocenters. The molecule has 4 heteroatoms. The van der Waals surface area contributed by atoms with E-state index in [1.54, 1.807) is 25.4 Å². The average Bonchev–Trinajstić information content (AvgIpc) is 2.51. The number of nitrogens with zero attached hydrogens (tertiary/aromatic N) is 1. The zero-order chi connectivity index (χ0) is 11.6. The van der Waals surface area contributed by atoms with Crippen LogP contribution in [-0.4, -0.2) is 17.2 Å². The van der Waals surface area contributed by atoms with Crippen LogP contribution in [0.1, 0.15) is 50.6 Å². The summed E-state index contributed by atoms with van der Waals surface area (Å²) in [5.74, 6) is 0. The van der Waals surface area contributed by atoms with Crippen LogP contribution in [0, 0.1) is 5.41 Å². The van der Waals surface area contributed by atoms with Crippen molar-refractivity contribution in [3.05, 3.63) is 16.1 Å². The SMILES string of the molecule is COC(c1nc(C(C)O)cs1)C(C)(C)C. The third-order valence-corrected chi connectivity index (χ3v) is 3.12. The molecule has 2 unspecified atom stereocenters. The maximum Gasteiger partial charge on any atom is 0.122 e. The summed E-state index contributed by atoms with van der Waals surface area (Å²) in [5, 5.41) is 12.2. The van der Waals surface area contributed by atoms with Gasteiger partial charge in [-0.3, -0.25) is 0 Å². The van der Waals surface area contributed by atoms with E-state index in [1.807, 2.05) is 5.38 Å². The number of thiazole rings is 1. The Kier molecular flexibility index (Phi) is 3.87. The molecule has 0 bridgehead atoms. The minimum Gasteiger partial charge on any atom is -0.387 e. The monoisotopic (exact) mass is 229 g/mol. The molecule has 0 aliphatic heterocycles. The van der Waals surface area contributed by atoms with Crippen molar-refractivity contribution in [1.29, 1.82) is 0 Å². The predicted octanol–water partition coefficient (Wildman–Crippen LogP) is 2.93. The highest BCUT2D eigenvalue weighted by Gasteiger charge is 2.29. The fourth-order valence-corrected chi connectivity index (χ4v) is 2.66. The van der Waals surface area contributed by atoms with Gasteiger partial charge in [-0.05, 0) is 12.3 Å². The predicted molar refractivity (Wildman–Crippen MR) is 62.0 cm³/mol. The number of ether oxygens (including phenoxy) is 1. The quantitative estimate of drug-likeness (QED) is 0.866. The van der Waals surface area contributed by atoms with Crippen molar-refractivity contribution in [2.45, 2.75) is 39.9 Å². The summed E-state index contributed by atoms with van der Waals surface area (Å²) < 4.78 is 5.46. The van der Waals surface area contributed by atoms with Crippen molar-refractivity contribution in [1.82, 2.24) is 4.98 Å². The molecule has 0 saturated heterocycles. The second-order valence-electron chi connectivity index (χ2n) is 4.77. The molecule has 86 valence electrons. The molecule has 1 heterocycles. The Morgan fingerprint density at radius 2 is 2.07 bits per heavy atom. The molecule has 0 saturated carbocycles. The lowest BCUT2D eigenvalue weighted by Crippen LogP contribution is -2.20. The second kappa shape index (κ2) is 4.60. The van der Waals surface area contributed by atoms with Crippen molar-refractivity contribution in [2.24, 2.45) is 5.41 Å². The Labute approximate surface area is 95.1 Å². The van der Waals surface area contributed by atoms with E-state index >= 15 is 0 Å². The Morgan fingerprint density at radius 3 is 2.40 bits per heavy atom. The van der Waals surface area contributed by atoms with Gasteiger partial charge in [0.1, 0.15) is 11.1 Å². The van der Waals surface area contributed by atoms with E-state index < -0.39 is 6.10 Å². The summed E-state index contributed by atoms with van der Waals surface area (Å²) in [7, 11) is 1.69. The van der Waals surface area contributed by atoms with Crippen LogP contribution in [0.15, 0.2) is 5.38 Å². The Hall–Kier alpha value is -0.450. The van der Waals surface area contributed by atoms with E-state index in [1.165, 1.54) is 0 Å². The Balaban J connectivity index is 2.93. The molecule has 0 aromatic carbocycles. The molecule has 0 amide bonds. The first-order valence-corrected chi connectivity index (χ1v) is 5.90. The van der Waals surface area contributed by atoms with Crippen molar-refractivity contribution >= 4 is 11.3 Å². The summed E-state index contributed by atoms with van der Waals surface area (Å²) in [4.78, 5) is 4.39. The zero-order valence-electron chi connectivity index (χ0n) is 9.94. The molecule has 0 radical (unpaired) electrons. The van der Waals surface area contributed by atoms with Crippen LogP contribution in [0.4, 0.5) is 0 Å². The first-order chi connectivity index (χ1) is 6.86. The van der Waals surface area contributed by atoms with Crippen LogP contribution in [0.25, 0.3) is 0 Å². The van der Waals surface area contributed by atoms with Crippen LogP contribution >= 0.6 is 11.3 Å². The summed E-state index contributed by atoms with van der Waals surface area (Å²) in [5.41, 5.74) is 0.740. The molecule has 1 aromatic rings. The van der Waals surface area contributed by atoms with Gasteiger partial charge in [-0.25, -0.2) is 4.98 Å². The van der Waals surface area contributed by atoms with Gasteiger partial charge >= 0.3 is 0 Å². The highest BCUT2D eigenvalue weighted by molar-refractivity contribution is 7.09. The lowest BCUT2D eigenvalue weighted by atomic mass is 9.89. The molecule has 0 aliphatic rings. The van der Waals surface area contributed by atoms with Gasteiger partial charge in [0.15, 0.2) is 0 Å². The number of aromatic nitrogens is 1. The molecular weight excluding hydrogens is 210 g/mol. The average molecular weight is 229 g/mol. The fourth-order valence-electron chi connectivity index (χ4n) is 1.44. The maximum atomic E-state index is 9.40. The van der Waals surface area contributed by atoms with Crippen LogP contribution in [-0.2, 0) is 4.74 Å². The minimum atomic E-state index is -0.507. The molecular formula is C11H19NO2S. The van der Waals surface area contributed by atoms with Crippen LogP contribution < -0.4 is 0 Å². The van der Waals surface area contributed by atoms with Crippen LogP contribution in [0.5, 0.6) is 0 Å². The van der Waals surface area contributed by atoms with Gasteiger partial charge in [0.2, 0.25) is 0 Å². The molecule has 3 nitrogen and oxygen atoms in total. The minimum absolute atomic E-state index is 0.0164. The highest BCUT2D eigenvalue weighted by Crippen LogP contribution is 2.37. The number of methoxy groups -OCH3 is 1. The summed E-state index contributed by atoms with van der Waals surface area (Å²) in [6.45, 7) is 8.07. The third-order valence-electron chi connectivity index (χ3n) is 2.21. The van der Waals surface area contributed by atoms with Crippen molar-refractivity contribution in [2.75, 3.05) is 7.11 Å². The smallest absolute Gasteiger partial charge is 0.122 e.